The molecule has 1 aliphatic heterocycles. The first kappa shape index (κ1) is 12.1. The van der Waals surface area contributed by atoms with Gasteiger partial charge in [0.15, 0.2) is 0 Å². The Balaban J connectivity index is 2.13. The summed E-state index contributed by atoms with van der Waals surface area (Å²) in [6.07, 6.45) is 1.70. The van der Waals surface area contributed by atoms with Crippen molar-refractivity contribution in [3.05, 3.63) is 35.9 Å². The van der Waals surface area contributed by atoms with Gasteiger partial charge in [-0.1, -0.05) is 46.3 Å². The van der Waals surface area contributed by atoms with E-state index < -0.39 is 0 Å². The second kappa shape index (κ2) is 5.33. The molecule has 3 nitrogen and oxygen atoms in total. The third-order valence-corrected chi connectivity index (χ3v) is 3.91. The van der Waals surface area contributed by atoms with Gasteiger partial charge in [0.05, 0.1) is 6.07 Å². The molecule has 1 aromatic carbocycles. The summed E-state index contributed by atoms with van der Waals surface area (Å²) in [6, 6.07) is 11.5. The smallest absolute Gasteiger partial charge is 0.241 e. The molecular formula is C13H13BrN2O. The molecule has 17 heavy (non-hydrogen) atoms. The third-order valence-electron chi connectivity index (χ3n) is 2.99. The molecule has 1 fully saturated rings. The maximum Gasteiger partial charge on any atom is 0.241 e. The minimum absolute atomic E-state index is 0.0137. The fourth-order valence-corrected chi connectivity index (χ4v) is 2.64. The van der Waals surface area contributed by atoms with Crippen LogP contribution in [0.3, 0.4) is 0 Å². The van der Waals surface area contributed by atoms with Crippen molar-refractivity contribution in [1.82, 2.24) is 4.90 Å². The van der Waals surface area contributed by atoms with Gasteiger partial charge in [-0.3, -0.25) is 4.79 Å². The number of amides is 1. The summed E-state index contributed by atoms with van der Waals surface area (Å²) < 4.78 is 0. The van der Waals surface area contributed by atoms with Gasteiger partial charge in [-0.25, -0.2) is 0 Å². The molecule has 0 aliphatic carbocycles. The summed E-state index contributed by atoms with van der Waals surface area (Å²) in [5.41, 5.74) is 0.932. The average Bonchev–Trinajstić information content (AvgIpc) is 2.86. The maximum absolute atomic E-state index is 12.2. The summed E-state index contributed by atoms with van der Waals surface area (Å²) in [5, 5.41) is 8.98. The highest BCUT2D eigenvalue weighted by Gasteiger charge is 2.32. The zero-order valence-electron chi connectivity index (χ0n) is 9.34. The van der Waals surface area contributed by atoms with Gasteiger partial charge in [-0.15, -0.1) is 0 Å². The van der Waals surface area contributed by atoms with Crippen molar-refractivity contribution >= 4 is 21.8 Å². The Labute approximate surface area is 109 Å². The fourth-order valence-electron chi connectivity index (χ4n) is 2.07. The predicted molar refractivity (Wildman–Crippen MR) is 68.5 cm³/mol. The minimum Gasteiger partial charge on any atom is -0.325 e. The number of nitriles is 1. The molecule has 1 saturated heterocycles. The number of carbonyl (C=O) groups is 1. The Morgan fingerprint density at radius 1 is 1.47 bits per heavy atom. The highest BCUT2D eigenvalue weighted by molar-refractivity contribution is 9.09. The van der Waals surface area contributed by atoms with E-state index in [0.29, 0.717) is 6.54 Å². The number of hydrogen-bond acceptors (Lipinski definition) is 2. The second-order valence-corrected chi connectivity index (χ2v) is 5.01. The molecule has 1 aromatic rings. The van der Waals surface area contributed by atoms with Gasteiger partial charge in [0, 0.05) is 6.54 Å². The Hall–Kier alpha value is -1.34. The van der Waals surface area contributed by atoms with Crippen molar-refractivity contribution in [2.24, 2.45) is 0 Å². The molecule has 1 amide bonds. The van der Waals surface area contributed by atoms with Crippen molar-refractivity contribution < 1.29 is 4.79 Å². The van der Waals surface area contributed by atoms with Crippen LogP contribution in [0.1, 0.15) is 23.2 Å². The van der Waals surface area contributed by atoms with E-state index in [9.17, 15) is 4.79 Å². The SMILES string of the molecule is N#CC1CCCN1C(=O)[C@@H](Br)c1ccccc1. The quantitative estimate of drug-likeness (QED) is 0.787. The van der Waals surface area contributed by atoms with E-state index in [1.54, 1.807) is 4.90 Å². The predicted octanol–water partition coefficient (Wildman–Crippen LogP) is 2.64. The van der Waals surface area contributed by atoms with Crippen molar-refractivity contribution in [2.75, 3.05) is 6.54 Å². The molecule has 2 atom stereocenters. The van der Waals surface area contributed by atoms with Gasteiger partial charge in [0.1, 0.15) is 10.9 Å². The lowest BCUT2D eigenvalue weighted by Gasteiger charge is -2.22. The second-order valence-electron chi connectivity index (χ2n) is 4.09. The van der Waals surface area contributed by atoms with E-state index in [4.69, 9.17) is 5.26 Å². The molecule has 1 unspecified atom stereocenters. The third kappa shape index (κ3) is 2.50. The van der Waals surface area contributed by atoms with Crippen LogP contribution in [0.25, 0.3) is 0 Å². The molecule has 0 spiro atoms. The van der Waals surface area contributed by atoms with E-state index in [-0.39, 0.29) is 16.8 Å². The lowest BCUT2D eigenvalue weighted by Crippen LogP contribution is -2.36. The first-order valence-electron chi connectivity index (χ1n) is 5.63. The van der Waals surface area contributed by atoms with Gasteiger partial charge in [0.2, 0.25) is 5.91 Å². The van der Waals surface area contributed by atoms with Crippen LogP contribution in [-0.2, 0) is 4.79 Å². The van der Waals surface area contributed by atoms with Crippen LogP contribution in [0.2, 0.25) is 0 Å². The number of alkyl halides is 1. The van der Waals surface area contributed by atoms with Crippen molar-refractivity contribution in [3.63, 3.8) is 0 Å². The summed E-state index contributed by atoms with van der Waals surface area (Å²) >= 11 is 3.42. The van der Waals surface area contributed by atoms with Crippen LogP contribution >= 0.6 is 15.9 Å². The highest BCUT2D eigenvalue weighted by Crippen LogP contribution is 2.28. The number of nitrogens with zero attached hydrogens (tertiary/aromatic N) is 2. The number of carbonyl (C=O) groups excluding carboxylic acids is 1. The Morgan fingerprint density at radius 3 is 2.82 bits per heavy atom. The van der Waals surface area contributed by atoms with Crippen LogP contribution < -0.4 is 0 Å². The Kier molecular flexibility index (Phi) is 3.80. The van der Waals surface area contributed by atoms with Crippen LogP contribution in [0.4, 0.5) is 0 Å². The van der Waals surface area contributed by atoms with Crippen LogP contribution in [0.15, 0.2) is 30.3 Å². The standard InChI is InChI=1S/C13H13BrN2O/c14-12(10-5-2-1-3-6-10)13(17)16-8-4-7-11(16)9-15/h1-3,5-6,11-12H,4,7-8H2/t11?,12-/m0/s1. The molecule has 0 radical (unpaired) electrons. The van der Waals surface area contributed by atoms with Crippen molar-refractivity contribution in [1.29, 1.82) is 5.26 Å². The summed E-state index contributed by atoms with van der Waals surface area (Å²) in [5.74, 6) is -0.0137. The molecular weight excluding hydrogens is 280 g/mol. The summed E-state index contributed by atoms with van der Waals surface area (Å²) in [7, 11) is 0. The first-order chi connectivity index (χ1) is 8.24. The molecule has 0 N–H and O–H groups in total. The number of halogens is 1. The number of hydrogen-bond donors (Lipinski definition) is 0. The van der Waals surface area contributed by atoms with Gasteiger partial charge < -0.3 is 4.90 Å². The Bertz CT molecular complexity index is 440. The molecule has 4 heteroatoms. The highest BCUT2D eigenvalue weighted by atomic mass is 79.9. The zero-order chi connectivity index (χ0) is 12.3. The molecule has 88 valence electrons. The van der Waals surface area contributed by atoms with Crippen molar-refractivity contribution in [3.8, 4) is 6.07 Å². The molecule has 1 aliphatic rings. The summed E-state index contributed by atoms with van der Waals surface area (Å²) in [4.78, 5) is 13.6. The van der Waals surface area contributed by atoms with E-state index in [2.05, 4.69) is 22.0 Å². The molecule has 2 rings (SSSR count). The lowest BCUT2D eigenvalue weighted by molar-refractivity contribution is -0.130. The topological polar surface area (TPSA) is 44.1 Å². The van der Waals surface area contributed by atoms with E-state index in [1.165, 1.54) is 0 Å². The molecule has 1 heterocycles. The van der Waals surface area contributed by atoms with Crippen molar-refractivity contribution in [2.45, 2.75) is 23.7 Å². The van der Waals surface area contributed by atoms with Crippen LogP contribution in [-0.4, -0.2) is 23.4 Å². The monoisotopic (exact) mass is 292 g/mol. The van der Waals surface area contributed by atoms with Gasteiger partial charge in [0.25, 0.3) is 0 Å². The number of benzene rings is 1. The van der Waals surface area contributed by atoms with Gasteiger partial charge >= 0.3 is 0 Å². The minimum atomic E-state index is -0.349. The van der Waals surface area contributed by atoms with E-state index in [0.717, 1.165) is 18.4 Å². The first-order valence-corrected chi connectivity index (χ1v) is 6.54. The zero-order valence-corrected chi connectivity index (χ0v) is 10.9. The normalized spacial score (nSPS) is 20.9. The number of likely N-dealkylation sites (tertiary alicyclic amines) is 1. The van der Waals surface area contributed by atoms with Gasteiger partial charge in [-0.2, -0.15) is 5.26 Å². The van der Waals surface area contributed by atoms with E-state index >= 15 is 0 Å². The van der Waals surface area contributed by atoms with Gasteiger partial charge in [-0.05, 0) is 18.4 Å². The van der Waals surface area contributed by atoms with Crippen LogP contribution in [0, 0.1) is 11.3 Å². The fraction of sp³-hybridized carbons (Fsp3) is 0.385. The molecule has 0 aromatic heterocycles. The molecule has 0 saturated carbocycles. The lowest BCUT2D eigenvalue weighted by atomic mass is 10.1. The maximum atomic E-state index is 12.2. The molecule has 0 bridgehead atoms. The van der Waals surface area contributed by atoms with E-state index in [1.807, 2.05) is 30.3 Å². The number of rotatable bonds is 2. The van der Waals surface area contributed by atoms with Crippen LogP contribution in [0.5, 0.6) is 0 Å². The average molecular weight is 293 g/mol. The largest absolute Gasteiger partial charge is 0.325 e. The summed E-state index contributed by atoms with van der Waals surface area (Å²) in [6.45, 7) is 0.687. The Morgan fingerprint density at radius 2 is 2.18 bits per heavy atom.